The van der Waals surface area contributed by atoms with Crippen LogP contribution in [0, 0.1) is 24.7 Å². The number of hydrogen-bond acceptors (Lipinski definition) is 2. The summed E-state index contributed by atoms with van der Waals surface area (Å²) in [6, 6.07) is 0. The highest BCUT2D eigenvalue weighted by atomic mass is 14.9. The van der Waals surface area contributed by atoms with E-state index in [4.69, 9.17) is 0 Å². The molecule has 0 aliphatic rings. The third-order valence-electron chi connectivity index (χ3n) is 7.53. The summed E-state index contributed by atoms with van der Waals surface area (Å²) in [5.41, 5.74) is 12.4. The van der Waals surface area contributed by atoms with Crippen LogP contribution in [0.5, 0.6) is 0 Å². The van der Waals surface area contributed by atoms with Crippen molar-refractivity contribution in [3.8, 4) is 0 Å². The lowest BCUT2D eigenvalue weighted by Gasteiger charge is -2.24. The highest BCUT2D eigenvalue weighted by Crippen LogP contribution is 2.44. The zero-order chi connectivity index (χ0) is 25.7. The minimum Gasteiger partial charge on any atom is -0.386 e. The van der Waals surface area contributed by atoms with Crippen LogP contribution in [0.15, 0.2) is 40.4 Å². The minimum atomic E-state index is 0.158. The summed E-state index contributed by atoms with van der Waals surface area (Å²) in [5.74, 6) is 0. The predicted molar refractivity (Wildman–Crippen MR) is 153 cm³/mol. The molecule has 0 aromatic heterocycles. The van der Waals surface area contributed by atoms with E-state index < -0.39 is 0 Å². The lowest BCUT2D eigenvalue weighted by atomic mass is 9.82. The highest BCUT2D eigenvalue weighted by molar-refractivity contribution is 5.94. The Morgan fingerprint density at radius 2 is 1.27 bits per heavy atom. The number of nitrogens with zero attached hydrogens (tertiary/aromatic N) is 1. The molecule has 0 amide bonds. The van der Waals surface area contributed by atoms with E-state index in [1.54, 1.807) is 0 Å². The molecule has 0 saturated carbocycles. The van der Waals surface area contributed by atoms with Crippen molar-refractivity contribution in [2.24, 2.45) is 15.8 Å². The van der Waals surface area contributed by atoms with E-state index in [9.17, 15) is 0 Å². The number of nitrogens with one attached hydrogen (secondary N) is 1. The maximum absolute atomic E-state index is 4.52. The molecule has 182 valence electrons. The van der Waals surface area contributed by atoms with Crippen molar-refractivity contribution in [2.45, 2.75) is 89.5 Å². The number of anilines is 1. The quantitative estimate of drug-likeness (QED) is 0.310. The Hall–Kier alpha value is -2.35. The fraction of sp³-hybridized carbons (Fsp3) is 0.516. The summed E-state index contributed by atoms with van der Waals surface area (Å²) in [7, 11) is 1.97. The number of benzene rings is 1. The second-order valence-corrected chi connectivity index (χ2v) is 11.0. The van der Waals surface area contributed by atoms with Gasteiger partial charge in [-0.15, -0.1) is 0 Å². The Bertz CT molecular complexity index is 1000. The summed E-state index contributed by atoms with van der Waals surface area (Å²) in [4.78, 5) is 4.52. The minimum absolute atomic E-state index is 0.158. The first-order chi connectivity index (χ1) is 15.1. The smallest absolute Gasteiger partial charge is 0.0937 e. The molecule has 1 rings (SSSR count). The average Bonchev–Trinajstić information content (AvgIpc) is 2.75. The molecule has 1 aromatic rings. The summed E-state index contributed by atoms with van der Waals surface area (Å²) in [6.45, 7) is 30.7. The van der Waals surface area contributed by atoms with Crippen molar-refractivity contribution in [2.75, 3.05) is 12.4 Å². The van der Waals surface area contributed by atoms with Gasteiger partial charge in [0, 0.05) is 18.2 Å². The van der Waals surface area contributed by atoms with Gasteiger partial charge in [0.2, 0.25) is 0 Å². The summed E-state index contributed by atoms with van der Waals surface area (Å²) in [6.07, 6.45) is 10.1. The van der Waals surface area contributed by atoms with Crippen LogP contribution < -0.4 is 5.32 Å². The number of aliphatic imine (C=N–C) groups is 1. The molecule has 0 radical (unpaired) electrons. The maximum Gasteiger partial charge on any atom is 0.0937 e. The number of rotatable bonds is 8. The molecule has 0 fully saturated rings. The van der Waals surface area contributed by atoms with Gasteiger partial charge in [0.05, 0.1) is 11.4 Å². The van der Waals surface area contributed by atoms with Crippen LogP contribution in [-0.4, -0.2) is 13.8 Å². The van der Waals surface area contributed by atoms with Gasteiger partial charge < -0.3 is 5.32 Å². The Kier molecular flexibility index (Phi) is 9.72. The van der Waals surface area contributed by atoms with Crippen molar-refractivity contribution >= 4 is 29.2 Å². The van der Waals surface area contributed by atoms with Crippen molar-refractivity contribution in [1.82, 2.24) is 0 Å². The Morgan fingerprint density at radius 1 is 0.818 bits per heavy atom. The molecular weight excluding hydrogens is 400 g/mol. The highest BCUT2D eigenvalue weighted by Gasteiger charge is 2.21. The fourth-order valence-electron chi connectivity index (χ4n) is 3.78. The predicted octanol–water partition coefficient (Wildman–Crippen LogP) is 9.86. The Balaban J connectivity index is 3.79. The largest absolute Gasteiger partial charge is 0.386 e. The molecule has 1 aromatic carbocycles. The normalized spacial score (nSPS) is 14.6. The topological polar surface area (TPSA) is 24.4 Å². The van der Waals surface area contributed by atoms with Crippen LogP contribution in [0.2, 0.25) is 0 Å². The van der Waals surface area contributed by atoms with E-state index in [2.05, 4.69) is 124 Å². The third-order valence-corrected chi connectivity index (χ3v) is 7.53. The van der Waals surface area contributed by atoms with Gasteiger partial charge in [-0.1, -0.05) is 77.0 Å². The van der Waals surface area contributed by atoms with Gasteiger partial charge in [-0.25, -0.2) is 0 Å². The van der Waals surface area contributed by atoms with E-state index >= 15 is 0 Å². The molecule has 0 bridgehead atoms. The molecule has 0 aliphatic heterocycles. The lowest BCUT2D eigenvalue weighted by Crippen LogP contribution is -2.10. The van der Waals surface area contributed by atoms with Crippen LogP contribution in [-0.2, 0) is 0 Å². The monoisotopic (exact) mass is 448 g/mol. The summed E-state index contributed by atoms with van der Waals surface area (Å²) >= 11 is 0. The van der Waals surface area contributed by atoms with Gasteiger partial charge in [0.25, 0.3) is 0 Å². The van der Waals surface area contributed by atoms with Crippen LogP contribution in [0.3, 0.4) is 0 Å². The summed E-state index contributed by atoms with van der Waals surface area (Å²) in [5, 5.41) is 3.44. The van der Waals surface area contributed by atoms with Gasteiger partial charge in [-0.05, 0) is 87.8 Å². The van der Waals surface area contributed by atoms with Gasteiger partial charge in [-0.2, -0.15) is 0 Å². The van der Waals surface area contributed by atoms with Crippen molar-refractivity contribution in [3.05, 3.63) is 57.7 Å². The van der Waals surface area contributed by atoms with E-state index in [0.717, 1.165) is 17.8 Å². The Morgan fingerprint density at radius 3 is 1.70 bits per heavy atom. The molecular formula is C31H48N2. The zero-order valence-corrected chi connectivity index (χ0v) is 23.7. The summed E-state index contributed by atoms with van der Waals surface area (Å²) < 4.78 is 0. The molecule has 0 heterocycles. The van der Waals surface area contributed by atoms with E-state index in [0.29, 0.717) is 0 Å². The molecule has 0 unspecified atom stereocenters. The van der Waals surface area contributed by atoms with Gasteiger partial charge in [0.15, 0.2) is 0 Å². The van der Waals surface area contributed by atoms with Crippen LogP contribution in [0.1, 0.15) is 97.9 Å². The molecule has 2 nitrogen and oxygen atoms in total. The molecule has 0 spiro atoms. The Labute approximate surface area is 204 Å². The number of hydrogen-bond donors (Lipinski definition) is 1. The van der Waals surface area contributed by atoms with E-state index in [1.165, 1.54) is 44.5 Å². The van der Waals surface area contributed by atoms with E-state index in [-0.39, 0.29) is 10.8 Å². The fourth-order valence-corrected chi connectivity index (χ4v) is 3.78. The van der Waals surface area contributed by atoms with Gasteiger partial charge in [-0.3, -0.25) is 4.99 Å². The SMILES string of the molecule is C=Nc1c(NC)c(/C(C)=C/C=C(C)C(C)(C)C)c(C)c(C)c1/C(C)=C/C=C(C)C(C)(C)CC. The molecule has 1 N–H and O–H groups in total. The molecule has 2 heteroatoms. The number of allylic oxidation sites excluding steroid dienone is 8. The first-order valence-electron chi connectivity index (χ1n) is 12.2. The standard InChI is InChI=1S/C31H48N2/c1-15-31(11,12)23(5)19-17-21(3)27-25(7)24(6)26(28(32-13)29(27)33-14)20(2)16-18-22(4)30(8,9)10/h16-19,32H,14-15H2,1-13H3/b20-16+,21-17+,22-18?,23-19?. The van der Waals surface area contributed by atoms with Crippen molar-refractivity contribution in [1.29, 1.82) is 0 Å². The molecule has 0 atom stereocenters. The van der Waals surface area contributed by atoms with Crippen LogP contribution in [0.25, 0.3) is 11.1 Å². The maximum atomic E-state index is 4.52. The van der Waals surface area contributed by atoms with E-state index in [1.807, 2.05) is 7.05 Å². The first-order valence-corrected chi connectivity index (χ1v) is 12.2. The molecule has 0 aliphatic carbocycles. The average molecular weight is 449 g/mol. The van der Waals surface area contributed by atoms with Gasteiger partial charge in [0.1, 0.15) is 0 Å². The zero-order valence-electron chi connectivity index (χ0n) is 23.7. The first kappa shape index (κ1) is 28.7. The van der Waals surface area contributed by atoms with Crippen molar-refractivity contribution < 1.29 is 0 Å². The lowest BCUT2D eigenvalue weighted by molar-refractivity contribution is 0.429. The molecule has 0 saturated heterocycles. The second kappa shape index (κ2) is 11.2. The van der Waals surface area contributed by atoms with Crippen LogP contribution >= 0.6 is 0 Å². The second-order valence-electron chi connectivity index (χ2n) is 11.0. The van der Waals surface area contributed by atoms with Crippen molar-refractivity contribution in [3.63, 3.8) is 0 Å². The van der Waals surface area contributed by atoms with Gasteiger partial charge >= 0.3 is 0 Å². The third kappa shape index (κ3) is 6.59. The van der Waals surface area contributed by atoms with Crippen LogP contribution in [0.4, 0.5) is 11.4 Å². The molecule has 33 heavy (non-hydrogen) atoms.